The van der Waals surface area contributed by atoms with Crippen molar-refractivity contribution in [3.63, 3.8) is 0 Å². The van der Waals surface area contributed by atoms with E-state index in [1.165, 1.54) is 17.4 Å². The van der Waals surface area contributed by atoms with Crippen LogP contribution in [-0.2, 0) is 25.7 Å². The second-order valence-corrected chi connectivity index (χ2v) is 6.52. The van der Waals surface area contributed by atoms with E-state index in [2.05, 4.69) is 10.3 Å². The molecule has 0 atom stereocenters. The number of amides is 1. The minimum absolute atomic E-state index is 0.0574. The molecule has 1 aromatic heterocycles. The number of nitrogens with zero attached hydrogens (tertiary/aromatic N) is 1. The van der Waals surface area contributed by atoms with Gasteiger partial charge in [-0.15, -0.1) is 11.3 Å². The topological polar surface area (TPSA) is 77.5 Å². The van der Waals surface area contributed by atoms with Gasteiger partial charge in [-0.3, -0.25) is 4.79 Å². The molecule has 2 aromatic carbocycles. The van der Waals surface area contributed by atoms with Crippen molar-refractivity contribution in [2.45, 2.75) is 6.61 Å². The van der Waals surface area contributed by atoms with E-state index < -0.39 is 30.1 Å². The lowest BCUT2D eigenvalue weighted by atomic mass is 10.3. The van der Waals surface area contributed by atoms with E-state index in [0.717, 1.165) is 27.4 Å². The fourth-order valence-corrected chi connectivity index (χ4v) is 3.07. The summed E-state index contributed by atoms with van der Waals surface area (Å²) in [5, 5.41) is 3.01. The number of ether oxygens (including phenoxy) is 2. The number of hydrogen-bond acceptors (Lipinski definition) is 6. The number of thiazole rings is 1. The van der Waals surface area contributed by atoms with Crippen molar-refractivity contribution >= 4 is 39.1 Å². The normalized spacial score (nSPS) is 10.7. The Kier molecular flexibility index (Phi) is 6.05. The summed E-state index contributed by atoms with van der Waals surface area (Å²) in [5.74, 6) is -3.52. The lowest BCUT2D eigenvalue weighted by Crippen LogP contribution is -2.23. The molecule has 0 saturated carbocycles. The van der Waals surface area contributed by atoms with Gasteiger partial charge in [0.1, 0.15) is 11.6 Å². The van der Waals surface area contributed by atoms with Crippen LogP contribution >= 0.6 is 11.3 Å². The van der Waals surface area contributed by atoms with Gasteiger partial charge in [0.05, 0.1) is 16.8 Å². The summed E-state index contributed by atoms with van der Waals surface area (Å²) in [5.41, 5.74) is 0.916. The third kappa shape index (κ3) is 5.28. The Morgan fingerprint density at radius 1 is 1.07 bits per heavy atom. The predicted molar refractivity (Wildman–Crippen MR) is 95.2 cm³/mol. The van der Waals surface area contributed by atoms with E-state index in [9.17, 15) is 18.4 Å². The molecule has 0 aliphatic heterocycles. The van der Waals surface area contributed by atoms with Crippen molar-refractivity contribution in [3.05, 3.63) is 59.1 Å². The molecule has 1 heterocycles. The lowest BCUT2D eigenvalue weighted by molar-refractivity contribution is -0.152. The highest BCUT2D eigenvalue weighted by molar-refractivity contribution is 7.18. The summed E-state index contributed by atoms with van der Waals surface area (Å²) >= 11 is 1.46. The summed E-state index contributed by atoms with van der Waals surface area (Å²) in [6, 6.07) is 10.5. The molecule has 9 heteroatoms. The monoisotopic (exact) mass is 392 g/mol. The quantitative estimate of drug-likeness (QED) is 0.625. The van der Waals surface area contributed by atoms with Crippen LogP contribution in [0.5, 0.6) is 0 Å². The summed E-state index contributed by atoms with van der Waals surface area (Å²) in [6.45, 7) is -0.758. The Bertz CT molecular complexity index is 944. The van der Waals surface area contributed by atoms with Gasteiger partial charge < -0.3 is 14.8 Å². The molecule has 0 aliphatic rings. The molecule has 1 amide bonds. The van der Waals surface area contributed by atoms with Gasteiger partial charge in [0.2, 0.25) is 0 Å². The first-order valence-electron chi connectivity index (χ1n) is 7.84. The number of fused-ring (bicyclic) bond motifs is 1. The highest BCUT2D eigenvalue weighted by atomic mass is 32.1. The van der Waals surface area contributed by atoms with E-state index >= 15 is 0 Å². The minimum atomic E-state index is -1.09. The average molecular weight is 392 g/mol. The molecule has 0 unspecified atom stereocenters. The Labute approximate surface area is 156 Å². The SMILES string of the molecule is O=C(COC(=O)COCc1nc2ccccc2s1)Nc1ccc(F)c(F)c1. The Hall–Kier alpha value is -2.91. The smallest absolute Gasteiger partial charge is 0.332 e. The predicted octanol–water partition coefficient (Wildman–Crippen LogP) is 3.27. The standard InChI is InChI=1S/C18H14F2N2O4S/c19-12-6-5-11(7-13(12)20)21-16(23)8-26-18(24)10-25-9-17-22-14-3-1-2-4-15(14)27-17/h1-7H,8-10H2,(H,21,23). The summed E-state index contributed by atoms with van der Waals surface area (Å²) in [7, 11) is 0. The molecule has 6 nitrogen and oxygen atoms in total. The van der Waals surface area contributed by atoms with Gasteiger partial charge in [-0.2, -0.15) is 0 Å². The molecule has 0 fully saturated rings. The lowest BCUT2D eigenvalue weighted by Gasteiger charge is -2.07. The highest BCUT2D eigenvalue weighted by Crippen LogP contribution is 2.21. The summed E-state index contributed by atoms with van der Waals surface area (Å²) in [4.78, 5) is 27.6. The van der Waals surface area contributed by atoms with Crippen LogP contribution < -0.4 is 5.32 Å². The molecular formula is C18H14F2N2O4S. The number of rotatable bonds is 7. The Morgan fingerprint density at radius 2 is 1.89 bits per heavy atom. The zero-order chi connectivity index (χ0) is 19.2. The van der Waals surface area contributed by atoms with E-state index in [4.69, 9.17) is 9.47 Å². The van der Waals surface area contributed by atoms with Crippen LogP contribution in [0.1, 0.15) is 5.01 Å². The van der Waals surface area contributed by atoms with Gasteiger partial charge in [-0.05, 0) is 24.3 Å². The summed E-state index contributed by atoms with van der Waals surface area (Å²) < 4.78 is 36.9. The van der Waals surface area contributed by atoms with Gasteiger partial charge in [0, 0.05) is 11.8 Å². The minimum Gasteiger partial charge on any atom is -0.454 e. The van der Waals surface area contributed by atoms with Crippen molar-refractivity contribution in [1.82, 2.24) is 4.98 Å². The number of carbonyl (C=O) groups is 2. The van der Waals surface area contributed by atoms with E-state index in [1.807, 2.05) is 24.3 Å². The van der Waals surface area contributed by atoms with Gasteiger partial charge in [-0.1, -0.05) is 12.1 Å². The maximum absolute atomic E-state index is 13.1. The molecule has 1 N–H and O–H groups in total. The maximum Gasteiger partial charge on any atom is 0.332 e. The second-order valence-electron chi connectivity index (χ2n) is 5.41. The number of para-hydroxylation sites is 1. The Balaban J connectivity index is 1.38. The van der Waals surface area contributed by atoms with E-state index in [0.29, 0.717) is 0 Å². The number of halogens is 2. The van der Waals surface area contributed by atoms with Crippen LogP contribution in [0.15, 0.2) is 42.5 Å². The van der Waals surface area contributed by atoms with Crippen molar-refractivity contribution in [1.29, 1.82) is 0 Å². The van der Waals surface area contributed by atoms with Crippen molar-refractivity contribution in [2.75, 3.05) is 18.5 Å². The molecule has 0 aliphatic carbocycles. The number of carbonyl (C=O) groups excluding carboxylic acids is 2. The first kappa shape index (κ1) is 18.9. The average Bonchev–Trinajstić information content (AvgIpc) is 3.06. The maximum atomic E-state index is 13.1. The van der Waals surface area contributed by atoms with Gasteiger partial charge in [0.15, 0.2) is 18.2 Å². The largest absolute Gasteiger partial charge is 0.454 e. The van der Waals surface area contributed by atoms with Crippen LogP contribution in [0.2, 0.25) is 0 Å². The van der Waals surface area contributed by atoms with Crippen LogP contribution in [0.25, 0.3) is 10.2 Å². The molecule has 0 bridgehead atoms. The van der Waals surface area contributed by atoms with Crippen LogP contribution in [-0.4, -0.2) is 30.1 Å². The number of aromatic nitrogens is 1. The van der Waals surface area contributed by atoms with Crippen LogP contribution in [0.3, 0.4) is 0 Å². The van der Waals surface area contributed by atoms with Gasteiger partial charge >= 0.3 is 5.97 Å². The molecule has 0 spiro atoms. The molecule has 0 radical (unpaired) electrons. The second kappa shape index (κ2) is 8.65. The molecule has 140 valence electrons. The van der Waals surface area contributed by atoms with E-state index in [1.54, 1.807) is 0 Å². The highest BCUT2D eigenvalue weighted by Gasteiger charge is 2.11. The molecule has 3 aromatic rings. The fourth-order valence-electron chi connectivity index (χ4n) is 2.16. The van der Waals surface area contributed by atoms with Gasteiger partial charge in [0.25, 0.3) is 5.91 Å². The van der Waals surface area contributed by atoms with Crippen LogP contribution in [0.4, 0.5) is 14.5 Å². The number of hydrogen-bond donors (Lipinski definition) is 1. The third-order valence-electron chi connectivity index (χ3n) is 3.35. The van der Waals surface area contributed by atoms with Crippen molar-refractivity contribution < 1.29 is 27.8 Å². The first-order valence-corrected chi connectivity index (χ1v) is 8.65. The van der Waals surface area contributed by atoms with Gasteiger partial charge in [-0.25, -0.2) is 18.6 Å². The van der Waals surface area contributed by atoms with E-state index in [-0.39, 0.29) is 18.9 Å². The molecule has 27 heavy (non-hydrogen) atoms. The zero-order valence-corrected chi connectivity index (χ0v) is 14.7. The van der Waals surface area contributed by atoms with Crippen molar-refractivity contribution in [3.8, 4) is 0 Å². The molecular weight excluding hydrogens is 378 g/mol. The number of benzene rings is 2. The van der Waals surface area contributed by atoms with Crippen LogP contribution in [0, 0.1) is 11.6 Å². The molecule has 3 rings (SSSR count). The number of esters is 1. The fraction of sp³-hybridized carbons (Fsp3) is 0.167. The molecule has 0 saturated heterocycles. The zero-order valence-electron chi connectivity index (χ0n) is 13.9. The Morgan fingerprint density at radius 3 is 2.67 bits per heavy atom. The number of nitrogens with one attached hydrogen (secondary N) is 1. The van der Waals surface area contributed by atoms with Crippen molar-refractivity contribution in [2.24, 2.45) is 0 Å². The summed E-state index contributed by atoms with van der Waals surface area (Å²) in [6.07, 6.45) is 0. The number of anilines is 1. The third-order valence-corrected chi connectivity index (χ3v) is 4.36. The first-order chi connectivity index (χ1) is 13.0.